The number of aromatic nitrogens is 4. The van der Waals surface area contributed by atoms with Crippen molar-refractivity contribution in [3.8, 4) is 0 Å². The lowest BCUT2D eigenvalue weighted by Gasteiger charge is -2.21. The van der Waals surface area contributed by atoms with Crippen molar-refractivity contribution in [2.24, 2.45) is 5.92 Å². The summed E-state index contributed by atoms with van der Waals surface area (Å²) in [6.45, 7) is 4.06. The number of halogens is 1. The Labute approximate surface area is 142 Å². The predicted octanol–water partition coefficient (Wildman–Crippen LogP) is 3.50. The molecule has 3 rings (SSSR count). The Morgan fingerprint density at radius 2 is 2.12 bits per heavy atom. The molecular weight excluding hydrogens is 332 g/mol. The SMILES string of the molecule is CC(C)C(Nc1ncc([N+](=O)[O-])cc1Cl)c1nnc2ccccn12. The molecule has 1 N–H and O–H groups in total. The lowest BCUT2D eigenvalue weighted by molar-refractivity contribution is -0.385. The summed E-state index contributed by atoms with van der Waals surface area (Å²) in [4.78, 5) is 14.3. The highest BCUT2D eigenvalue weighted by atomic mass is 35.5. The molecule has 124 valence electrons. The molecule has 0 fully saturated rings. The molecule has 0 amide bonds. The number of hydrogen-bond donors (Lipinski definition) is 1. The van der Waals surface area contributed by atoms with Crippen molar-refractivity contribution < 1.29 is 4.92 Å². The molecule has 0 aromatic carbocycles. The van der Waals surface area contributed by atoms with Crippen LogP contribution in [-0.4, -0.2) is 24.5 Å². The molecule has 0 aliphatic rings. The Morgan fingerprint density at radius 3 is 2.79 bits per heavy atom. The van der Waals surface area contributed by atoms with Gasteiger partial charge in [-0.3, -0.25) is 14.5 Å². The summed E-state index contributed by atoms with van der Waals surface area (Å²) in [5.41, 5.74) is 0.585. The number of nitrogens with zero attached hydrogens (tertiary/aromatic N) is 5. The van der Waals surface area contributed by atoms with Gasteiger partial charge in [0.15, 0.2) is 11.5 Å². The maximum absolute atomic E-state index is 10.8. The first-order chi connectivity index (χ1) is 11.5. The lowest BCUT2D eigenvalue weighted by atomic mass is 10.0. The van der Waals surface area contributed by atoms with Gasteiger partial charge >= 0.3 is 0 Å². The second-order valence-corrected chi connectivity index (χ2v) is 6.04. The fourth-order valence-electron chi connectivity index (χ4n) is 2.38. The highest BCUT2D eigenvalue weighted by molar-refractivity contribution is 6.33. The minimum absolute atomic E-state index is 0.153. The molecule has 1 unspecified atom stereocenters. The van der Waals surface area contributed by atoms with Crippen LogP contribution in [0.4, 0.5) is 11.5 Å². The average Bonchev–Trinajstić information content (AvgIpc) is 2.97. The van der Waals surface area contributed by atoms with E-state index < -0.39 is 4.92 Å². The van der Waals surface area contributed by atoms with Crippen LogP contribution in [0.1, 0.15) is 25.7 Å². The van der Waals surface area contributed by atoms with Gasteiger partial charge in [0.25, 0.3) is 5.69 Å². The monoisotopic (exact) mass is 346 g/mol. The Morgan fingerprint density at radius 1 is 1.33 bits per heavy atom. The standard InChI is InChI=1S/C15H15ClN6O2/c1-9(2)13(15-20-19-12-5-3-4-6-21(12)15)18-14-11(16)7-10(8-17-14)22(23)24/h3-9,13H,1-2H3,(H,17,18). The highest BCUT2D eigenvalue weighted by Gasteiger charge is 2.23. The van der Waals surface area contributed by atoms with Crippen LogP contribution in [0.25, 0.3) is 5.65 Å². The van der Waals surface area contributed by atoms with Crippen LogP contribution < -0.4 is 5.32 Å². The minimum Gasteiger partial charge on any atom is -0.359 e. The van der Waals surface area contributed by atoms with Crippen LogP contribution in [0.15, 0.2) is 36.7 Å². The van der Waals surface area contributed by atoms with E-state index in [1.165, 1.54) is 12.3 Å². The fraction of sp³-hybridized carbons (Fsp3) is 0.267. The zero-order valence-electron chi connectivity index (χ0n) is 13.0. The zero-order valence-corrected chi connectivity index (χ0v) is 13.8. The third-order valence-electron chi connectivity index (χ3n) is 3.61. The van der Waals surface area contributed by atoms with E-state index in [0.29, 0.717) is 5.82 Å². The molecule has 3 heterocycles. The minimum atomic E-state index is -0.533. The van der Waals surface area contributed by atoms with Gasteiger partial charge in [0.05, 0.1) is 16.0 Å². The normalized spacial score (nSPS) is 12.5. The van der Waals surface area contributed by atoms with Gasteiger partial charge in [-0.2, -0.15) is 0 Å². The maximum atomic E-state index is 10.8. The van der Waals surface area contributed by atoms with E-state index in [1.807, 2.05) is 42.6 Å². The smallest absolute Gasteiger partial charge is 0.289 e. The van der Waals surface area contributed by atoms with Crippen LogP contribution in [0.2, 0.25) is 5.02 Å². The van der Waals surface area contributed by atoms with Gasteiger partial charge in [0.1, 0.15) is 12.0 Å². The van der Waals surface area contributed by atoms with Crippen molar-refractivity contribution in [1.29, 1.82) is 0 Å². The molecule has 0 aliphatic heterocycles. The second-order valence-electron chi connectivity index (χ2n) is 5.63. The first-order valence-electron chi connectivity index (χ1n) is 7.33. The summed E-state index contributed by atoms with van der Waals surface area (Å²) < 4.78 is 1.89. The molecule has 1 atom stereocenters. The molecular formula is C15H15ClN6O2. The maximum Gasteiger partial charge on any atom is 0.289 e. The van der Waals surface area contributed by atoms with Crippen molar-refractivity contribution in [2.45, 2.75) is 19.9 Å². The Bertz CT molecular complexity index is 895. The molecule has 3 aromatic rings. The Hall–Kier alpha value is -2.74. The molecule has 0 saturated carbocycles. The number of fused-ring (bicyclic) bond motifs is 1. The molecule has 8 nitrogen and oxygen atoms in total. The number of pyridine rings is 2. The van der Waals surface area contributed by atoms with E-state index in [1.54, 1.807) is 0 Å². The quantitative estimate of drug-likeness (QED) is 0.560. The van der Waals surface area contributed by atoms with Crippen molar-refractivity contribution in [1.82, 2.24) is 19.6 Å². The molecule has 24 heavy (non-hydrogen) atoms. The Kier molecular flexibility index (Phi) is 4.30. The third kappa shape index (κ3) is 3.00. The predicted molar refractivity (Wildman–Crippen MR) is 90.1 cm³/mol. The number of anilines is 1. The first kappa shape index (κ1) is 16.1. The van der Waals surface area contributed by atoms with E-state index in [0.717, 1.165) is 11.5 Å². The Balaban J connectivity index is 1.97. The van der Waals surface area contributed by atoms with Crippen molar-refractivity contribution >= 4 is 28.8 Å². The van der Waals surface area contributed by atoms with Crippen LogP contribution >= 0.6 is 11.6 Å². The summed E-state index contributed by atoms with van der Waals surface area (Å²) in [5.74, 6) is 1.25. The molecule has 0 radical (unpaired) electrons. The summed E-state index contributed by atoms with van der Waals surface area (Å²) in [6.07, 6.45) is 3.06. The van der Waals surface area contributed by atoms with Crippen LogP contribution in [-0.2, 0) is 0 Å². The number of rotatable bonds is 5. The molecule has 0 aliphatic carbocycles. The second kappa shape index (κ2) is 6.40. The van der Waals surface area contributed by atoms with Gasteiger partial charge < -0.3 is 5.32 Å². The zero-order chi connectivity index (χ0) is 17.3. The van der Waals surface area contributed by atoms with E-state index in [4.69, 9.17) is 11.6 Å². The van der Waals surface area contributed by atoms with Crippen molar-refractivity contribution in [3.63, 3.8) is 0 Å². The number of hydrogen-bond acceptors (Lipinski definition) is 6. The summed E-state index contributed by atoms with van der Waals surface area (Å²) in [6, 6.07) is 6.71. The third-order valence-corrected chi connectivity index (χ3v) is 3.90. The lowest BCUT2D eigenvalue weighted by Crippen LogP contribution is -2.20. The average molecular weight is 347 g/mol. The van der Waals surface area contributed by atoms with Gasteiger partial charge in [-0.15, -0.1) is 10.2 Å². The van der Waals surface area contributed by atoms with E-state index >= 15 is 0 Å². The van der Waals surface area contributed by atoms with Crippen LogP contribution in [0, 0.1) is 16.0 Å². The van der Waals surface area contributed by atoms with E-state index in [-0.39, 0.29) is 22.7 Å². The summed E-state index contributed by atoms with van der Waals surface area (Å²) in [5, 5.41) is 22.6. The molecule has 9 heteroatoms. The first-order valence-corrected chi connectivity index (χ1v) is 7.71. The van der Waals surface area contributed by atoms with E-state index in [9.17, 15) is 10.1 Å². The number of nitrogens with one attached hydrogen (secondary N) is 1. The molecule has 3 aromatic heterocycles. The van der Waals surface area contributed by atoms with Gasteiger partial charge in [0.2, 0.25) is 0 Å². The number of nitro groups is 1. The highest BCUT2D eigenvalue weighted by Crippen LogP contribution is 2.30. The topological polar surface area (TPSA) is 98.2 Å². The van der Waals surface area contributed by atoms with Gasteiger partial charge in [0, 0.05) is 12.3 Å². The van der Waals surface area contributed by atoms with Gasteiger partial charge in [-0.05, 0) is 18.1 Å². The fourth-order valence-corrected chi connectivity index (χ4v) is 2.60. The summed E-state index contributed by atoms with van der Waals surface area (Å²) in [7, 11) is 0. The van der Waals surface area contributed by atoms with Crippen molar-refractivity contribution in [3.05, 3.63) is 57.6 Å². The van der Waals surface area contributed by atoms with Crippen LogP contribution in [0.3, 0.4) is 0 Å². The molecule has 0 saturated heterocycles. The van der Waals surface area contributed by atoms with Crippen molar-refractivity contribution in [2.75, 3.05) is 5.32 Å². The van der Waals surface area contributed by atoms with Gasteiger partial charge in [-0.1, -0.05) is 31.5 Å². The van der Waals surface area contributed by atoms with E-state index in [2.05, 4.69) is 20.5 Å². The molecule has 0 bridgehead atoms. The largest absolute Gasteiger partial charge is 0.359 e. The summed E-state index contributed by atoms with van der Waals surface area (Å²) >= 11 is 6.13. The van der Waals surface area contributed by atoms with Crippen LogP contribution in [0.5, 0.6) is 0 Å². The molecule has 0 spiro atoms. The van der Waals surface area contributed by atoms with Gasteiger partial charge in [-0.25, -0.2) is 4.98 Å².